The van der Waals surface area contributed by atoms with E-state index in [9.17, 15) is 18.3 Å². The summed E-state index contributed by atoms with van der Waals surface area (Å²) in [5.74, 6) is 1.69. The average Bonchev–Trinajstić information content (AvgIpc) is 2.99. The molecule has 0 spiro atoms. The molecule has 0 bridgehead atoms. The number of nitrogens with one attached hydrogen (secondary N) is 2. The Bertz CT molecular complexity index is 808. The van der Waals surface area contributed by atoms with Crippen LogP contribution in [-0.2, 0) is 12.7 Å². The van der Waals surface area contributed by atoms with Gasteiger partial charge in [-0.3, -0.25) is 0 Å². The van der Waals surface area contributed by atoms with Crippen molar-refractivity contribution >= 4 is 29.9 Å². The van der Waals surface area contributed by atoms with Gasteiger partial charge in [0, 0.05) is 13.1 Å². The van der Waals surface area contributed by atoms with Crippen molar-refractivity contribution < 1.29 is 27.4 Å². The fourth-order valence-corrected chi connectivity index (χ4v) is 2.32. The van der Waals surface area contributed by atoms with Crippen molar-refractivity contribution in [3.05, 3.63) is 47.2 Å². The number of alkyl halides is 3. The number of nitrogens with zero attached hydrogens (tertiary/aromatic N) is 2. The van der Waals surface area contributed by atoms with Crippen molar-refractivity contribution in [2.45, 2.75) is 39.6 Å². The van der Waals surface area contributed by atoms with Crippen LogP contribution in [0.15, 0.2) is 33.7 Å². The van der Waals surface area contributed by atoms with E-state index in [2.05, 4.69) is 20.6 Å². The molecule has 2 aromatic rings. The van der Waals surface area contributed by atoms with Crippen molar-refractivity contribution in [2.75, 3.05) is 19.7 Å². The van der Waals surface area contributed by atoms with E-state index in [1.54, 1.807) is 0 Å². The molecule has 0 aliphatic heterocycles. The largest absolute Gasteiger partial charge is 0.491 e. The molecule has 0 radical (unpaired) electrons. The number of aliphatic hydroxyl groups is 1. The van der Waals surface area contributed by atoms with Crippen LogP contribution in [0.2, 0.25) is 0 Å². The van der Waals surface area contributed by atoms with Crippen molar-refractivity contribution in [1.82, 2.24) is 15.6 Å². The number of aliphatic imine (C=N–C) groups is 1. The van der Waals surface area contributed by atoms with Crippen molar-refractivity contribution in [3.63, 3.8) is 0 Å². The van der Waals surface area contributed by atoms with E-state index in [1.165, 1.54) is 12.1 Å². The van der Waals surface area contributed by atoms with Crippen LogP contribution in [0.1, 0.15) is 29.8 Å². The molecule has 0 fully saturated rings. The Kier molecular flexibility index (Phi) is 10.4. The molecule has 1 heterocycles. The van der Waals surface area contributed by atoms with Gasteiger partial charge in [0.2, 0.25) is 5.89 Å². The maximum absolute atomic E-state index is 12.7. The molecular formula is C19H26F3IN4O3. The van der Waals surface area contributed by atoms with Gasteiger partial charge in [0.1, 0.15) is 30.8 Å². The highest BCUT2D eigenvalue weighted by atomic mass is 127. The summed E-state index contributed by atoms with van der Waals surface area (Å²) >= 11 is 0. The maximum atomic E-state index is 12.7. The summed E-state index contributed by atoms with van der Waals surface area (Å²) in [4.78, 5) is 8.57. The van der Waals surface area contributed by atoms with Crippen LogP contribution in [0.25, 0.3) is 0 Å². The number of hydrogen-bond acceptors (Lipinski definition) is 5. The van der Waals surface area contributed by atoms with Gasteiger partial charge in [0.25, 0.3) is 0 Å². The molecule has 11 heteroatoms. The van der Waals surface area contributed by atoms with Gasteiger partial charge < -0.3 is 24.9 Å². The second-order valence-electron chi connectivity index (χ2n) is 6.32. The Balaban J connectivity index is 0.00000450. The Labute approximate surface area is 190 Å². The predicted molar refractivity (Wildman–Crippen MR) is 117 cm³/mol. The van der Waals surface area contributed by atoms with Gasteiger partial charge in [0.15, 0.2) is 5.96 Å². The van der Waals surface area contributed by atoms with Gasteiger partial charge >= 0.3 is 6.18 Å². The van der Waals surface area contributed by atoms with Crippen LogP contribution >= 0.6 is 24.0 Å². The highest BCUT2D eigenvalue weighted by Gasteiger charge is 2.30. The molecule has 0 aliphatic carbocycles. The molecule has 1 unspecified atom stereocenters. The number of halogens is 4. The number of benzene rings is 1. The van der Waals surface area contributed by atoms with Gasteiger partial charge in [-0.2, -0.15) is 13.2 Å². The molecule has 30 heavy (non-hydrogen) atoms. The molecule has 168 valence electrons. The lowest BCUT2D eigenvalue weighted by Gasteiger charge is -2.16. The van der Waals surface area contributed by atoms with E-state index in [4.69, 9.17) is 9.15 Å². The topological polar surface area (TPSA) is 91.9 Å². The second-order valence-corrected chi connectivity index (χ2v) is 6.32. The lowest BCUT2D eigenvalue weighted by atomic mass is 10.2. The average molecular weight is 542 g/mol. The zero-order valence-corrected chi connectivity index (χ0v) is 19.2. The van der Waals surface area contributed by atoms with Gasteiger partial charge in [-0.1, -0.05) is 6.07 Å². The molecule has 0 saturated carbocycles. The summed E-state index contributed by atoms with van der Waals surface area (Å²) in [5.41, 5.74) is -0.00323. The second kappa shape index (κ2) is 12.0. The smallest absolute Gasteiger partial charge is 0.416 e. The highest BCUT2D eigenvalue weighted by Crippen LogP contribution is 2.31. The SMILES string of the molecule is CCNC(=NCc1nc(C)c(C)o1)NCC(O)COc1cccc(C(F)(F)F)c1.I. The van der Waals surface area contributed by atoms with Crippen LogP contribution in [0.5, 0.6) is 5.75 Å². The quantitative estimate of drug-likeness (QED) is 0.269. The first-order chi connectivity index (χ1) is 13.7. The Morgan fingerprint density at radius 3 is 2.63 bits per heavy atom. The zero-order chi connectivity index (χ0) is 21.4. The number of rotatable bonds is 8. The number of hydrogen-bond donors (Lipinski definition) is 3. The van der Waals surface area contributed by atoms with Crippen LogP contribution in [0.4, 0.5) is 13.2 Å². The summed E-state index contributed by atoms with van der Waals surface area (Å²) in [6.45, 7) is 6.30. The Morgan fingerprint density at radius 2 is 2.03 bits per heavy atom. The minimum atomic E-state index is -4.45. The minimum absolute atomic E-state index is 0. The number of oxazole rings is 1. The van der Waals surface area contributed by atoms with Gasteiger partial charge in [-0.05, 0) is 39.0 Å². The fourth-order valence-electron chi connectivity index (χ4n) is 2.32. The molecule has 1 atom stereocenters. The third-order valence-corrected chi connectivity index (χ3v) is 3.90. The number of aliphatic hydroxyl groups excluding tert-OH is 1. The van der Waals surface area contributed by atoms with E-state index in [1.807, 2.05) is 20.8 Å². The first kappa shape index (κ1) is 26.0. The zero-order valence-electron chi connectivity index (χ0n) is 16.9. The van der Waals surface area contributed by atoms with Crippen LogP contribution < -0.4 is 15.4 Å². The minimum Gasteiger partial charge on any atom is -0.491 e. The third kappa shape index (κ3) is 8.38. The summed E-state index contributed by atoms with van der Waals surface area (Å²) in [5, 5.41) is 16.0. The molecule has 0 aliphatic rings. The van der Waals surface area contributed by atoms with Crippen molar-refractivity contribution in [2.24, 2.45) is 4.99 Å². The van der Waals surface area contributed by atoms with Crippen molar-refractivity contribution in [1.29, 1.82) is 0 Å². The lowest BCUT2D eigenvalue weighted by molar-refractivity contribution is -0.137. The molecular weight excluding hydrogens is 516 g/mol. The third-order valence-electron chi connectivity index (χ3n) is 3.90. The Morgan fingerprint density at radius 1 is 1.30 bits per heavy atom. The molecule has 0 amide bonds. The van der Waals surface area contributed by atoms with Gasteiger partial charge in [-0.15, -0.1) is 24.0 Å². The summed E-state index contributed by atoms with van der Waals surface area (Å²) in [7, 11) is 0. The predicted octanol–water partition coefficient (Wildman–Crippen LogP) is 3.42. The molecule has 0 saturated heterocycles. The van der Waals surface area contributed by atoms with E-state index in [-0.39, 0.29) is 49.4 Å². The number of ether oxygens (including phenoxy) is 1. The van der Waals surface area contributed by atoms with Crippen LogP contribution in [0.3, 0.4) is 0 Å². The van der Waals surface area contributed by atoms with Gasteiger partial charge in [0.05, 0.1) is 11.3 Å². The van der Waals surface area contributed by atoms with E-state index in [0.717, 1.165) is 23.6 Å². The molecule has 3 N–H and O–H groups in total. The highest BCUT2D eigenvalue weighted by molar-refractivity contribution is 14.0. The molecule has 7 nitrogen and oxygen atoms in total. The number of aromatic nitrogens is 1. The number of aryl methyl sites for hydroxylation is 2. The molecule has 2 rings (SSSR count). The molecule has 1 aromatic heterocycles. The standard InChI is InChI=1S/C19H25F3N4O3.HI/c1-4-23-18(25-10-17-26-12(2)13(3)29-17)24-9-15(27)11-28-16-7-5-6-14(8-16)19(20,21)22;/h5-8,15,27H,4,9-11H2,1-3H3,(H2,23,24,25);1H. The summed E-state index contributed by atoms with van der Waals surface area (Å²) in [6.07, 6.45) is -5.41. The number of guanidine groups is 1. The first-order valence-corrected chi connectivity index (χ1v) is 9.12. The van der Waals surface area contributed by atoms with E-state index in [0.29, 0.717) is 18.4 Å². The summed E-state index contributed by atoms with van der Waals surface area (Å²) < 4.78 is 48.9. The monoisotopic (exact) mass is 542 g/mol. The Hall–Kier alpha value is -2.02. The van der Waals surface area contributed by atoms with Gasteiger partial charge in [-0.25, -0.2) is 9.98 Å². The van der Waals surface area contributed by atoms with Crippen molar-refractivity contribution in [3.8, 4) is 5.75 Å². The lowest BCUT2D eigenvalue weighted by Crippen LogP contribution is -2.42. The van der Waals surface area contributed by atoms with Crippen LogP contribution in [0, 0.1) is 13.8 Å². The summed E-state index contributed by atoms with van der Waals surface area (Å²) in [6, 6.07) is 4.51. The fraction of sp³-hybridized carbons (Fsp3) is 0.474. The van der Waals surface area contributed by atoms with E-state index >= 15 is 0 Å². The first-order valence-electron chi connectivity index (χ1n) is 9.12. The van der Waals surface area contributed by atoms with Crippen LogP contribution in [-0.4, -0.2) is 41.9 Å². The molecule has 1 aromatic carbocycles. The van der Waals surface area contributed by atoms with E-state index < -0.39 is 17.8 Å². The normalized spacial score (nSPS) is 12.8. The maximum Gasteiger partial charge on any atom is 0.416 e.